The van der Waals surface area contributed by atoms with E-state index in [2.05, 4.69) is 0 Å². The molecule has 1 aromatic heterocycles. The number of rotatable bonds is 9. The number of hydrogen-bond donors (Lipinski definition) is 0. The Morgan fingerprint density at radius 1 is 0.853 bits per heavy atom. The molecule has 0 N–H and O–H groups in total. The molecule has 3 aromatic rings. The first kappa shape index (κ1) is 24.4. The van der Waals surface area contributed by atoms with Crippen molar-refractivity contribution in [2.45, 2.75) is 20.8 Å². The second kappa shape index (κ2) is 10.6. The zero-order valence-corrected chi connectivity index (χ0v) is 19.4. The molecule has 0 radical (unpaired) electrons. The van der Waals surface area contributed by atoms with Gasteiger partial charge in [0.2, 0.25) is 5.78 Å². The molecule has 8 heteroatoms. The minimum Gasteiger partial charge on any atom is -0.482 e. The molecule has 0 saturated heterocycles. The van der Waals surface area contributed by atoms with E-state index >= 15 is 0 Å². The van der Waals surface area contributed by atoms with E-state index in [-0.39, 0.29) is 18.2 Å². The number of ether oxygens (including phenoxy) is 3. The molecule has 0 saturated carbocycles. The van der Waals surface area contributed by atoms with Gasteiger partial charge in [-0.3, -0.25) is 9.59 Å². The maximum absolute atomic E-state index is 12.7. The van der Waals surface area contributed by atoms with Gasteiger partial charge in [0.05, 0.1) is 12.7 Å². The number of nitrogens with zero attached hydrogens (tertiary/aromatic N) is 1. The van der Waals surface area contributed by atoms with Crippen molar-refractivity contribution in [3.05, 3.63) is 82.7 Å². The van der Waals surface area contributed by atoms with Crippen LogP contribution in [0.1, 0.15) is 49.4 Å². The number of benzene rings is 2. The van der Waals surface area contributed by atoms with Gasteiger partial charge in [0.25, 0.3) is 0 Å². The number of Topliss-reactive ketones (excluding diaryl/α,β-unsaturated/α-hetero) is 2. The lowest BCUT2D eigenvalue weighted by molar-refractivity contribution is -0.144. The summed E-state index contributed by atoms with van der Waals surface area (Å²) in [5.74, 6) is -1.11. The first-order valence-corrected chi connectivity index (χ1v) is 10.5. The Labute approximate surface area is 197 Å². The molecule has 3 rings (SSSR count). The summed E-state index contributed by atoms with van der Waals surface area (Å²) >= 11 is 0. The summed E-state index contributed by atoms with van der Waals surface area (Å²) < 4.78 is 17.0. The molecule has 0 aliphatic rings. The highest BCUT2D eigenvalue weighted by molar-refractivity contribution is 5.99. The van der Waals surface area contributed by atoms with E-state index in [1.54, 1.807) is 61.5 Å². The Hall–Kier alpha value is -4.20. The van der Waals surface area contributed by atoms with Gasteiger partial charge in [0.15, 0.2) is 19.0 Å². The van der Waals surface area contributed by atoms with Crippen molar-refractivity contribution in [3.63, 3.8) is 0 Å². The number of aromatic nitrogens is 1. The fourth-order valence-corrected chi connectivity index (χ4v) is 3.50. The molecule has 0 amide bonds. The lowest BCUT2D eigenvalue weighted by atomic mass is 10.1. The van der Waals surface area contributed by atoms with Crippen LogP contribution in [0.2, 0.25) is 0 Å². The van der Waals surface area contributed by atoms with Crippen molar-refractivity contribution < 1.29 is 33.4 Å². The molecule has 8 nitrogen and oxygen atoms in total. The van der Waals surface area contributed by atoms with Crippen LogP contribution in [0.15, 0.2) is 54.6 Å². The predicted molar refractivity (Wildman–Crippen MR) is 124 cm³/mol. The first-order valence-electron chi connectivity index (χ1n) is 10.5. The van der Waals surface area contributed by atoms with Gasteiger partial charge in [0.1, 0.15) is 5.75 Å². The van der Waals surface area contributed by atoms with Crippen molar-refractivity contribution >= 4 is 23.5 Å². The maximum atomic E-state index is 12.7. The van der Waals surface area contributed by atoms with Crippen LogP contribution >= 0.6 is 0 Å². The summed E-state index contributed by atoms with van der Waals surface area (Å²) in [6.07, 6.45) is 0. The van der Waals surface area contributed by atoms with E-state index < -0.39 is 18.5 Å². The summed E-state index contributed by atoms with van der Waals surface area (Å²) in [6, 6.07) is 14.9. The van der Waals surface area contributed by atoms with Crippen molar-refractivity contribution in [1.29, 1.82) is 0 Å². The van der Waals surface area contributed by atoms with E-state index in [0.717, 1.165) is 11.4 Å². The fourth-order valence-electron chi connectivity index (χ4n) is 3.50. The van der Waals surface area contributed by atoms with Crippen LogP contribution in [0, 0.1) is 13.8 Å². The average Bonchev–Trinajstić information content (AvgIpc) is 3.14. The van der Waals surface area contributed by atoms with Gasteiger partial charge in [-0.1, -0.05) is 0 Å². The molecule has 0 unspecified atom stereocenters. The van der Waals surface area contributed by atoms with Gasteiger partial charge in [-0.25, -0.2) is 9.59 Å². The number of carbonyl (C=O) groups excluding carboxylic acids is 4. The molecule has 0 aliphatic heterocycles. The van der Waals surface area contributed by atoms with Gasteiger partial charge < -0.3 is 18.8 Å². The highest BCUT2D eigenvalue weighted by Crippen LogP contribution is 2.22. The second-order valence-corrected chi connectivity index (χ2v) is 7.61. The number of hydrogen-bond acceptors (Lipinski definition) is 7. The van der Waals surface area contributed by atoms with Crippen molar-refractivity contribution in [2.24, 2.45) is 0 Å². The Morgan fingerprint density at radius 2 is 1.47 bits per heavy atom. The monoisotopic (exact) mass is 463 g/mol. The maximum Gasteiger partial charge on any atom is 0.344 e. The summed E-state index contributed by atoms with van der Waals surface area (Å²) in [4.78, 5) is 47.7. The molecule has 34 heavy (non-hydrogen) atoms. The van der Waals surface area contributed by atoms with E-state index in [1.807, 2.05) is 11.5 Å². The highest BCUT2D eigenvalue weighted by Gasteiger charge is 2.19. The van der Waals surface area contributed by atoms with Gasteiger partial charge in [-0.2, -0.15) is 0 Å². The molecule has 2 aromatic carbocycles. The smallest absolute Gasteiger partial charge is 0.344 e. The number of esters is 2. The Balaban J connectivity index is 1.60. The third kappa shape index (κ3) is 5.58. The van der Waals surface area contributed by atoms with Crippen LogP contribution < -0.4 is 4.74 Å². The fraction of sp³-hybridized carbons (Fsp3) is 0.231. The average molecular weight is 463 g/mol. The highest BCUT2D eigenvalue weighted by atomic mass is 16.6. The Bertz CT molecular complexity index is 1220. The van der Waals surface area contributed by atoms with Gasteiger partial charge in [0, 0.05) is 28.2 Å². The topological polar surface area (TPSA) is 101 Å². The van der Waals surface area contributed by atoms with Gasteiger partial charge in [-0.15, -0.1) is 0 Å². The Kier molecular flexibility index (Phi) is 7.63. The van der Waals surface area contributed by atoms with Crippen molar-refractivity contribution in [3.8, 4) is 11.4 Å². The third-order valence-electron chi connectivity index (χ3n) is 5.26. The lowest BCUT2D eigenvalue weighted by Crippen LogP contribution is -2.19. The molecule has 0 atom stereocenters. The molecule has 0 spiro atoms. The molecule has 0 fully saturated rings. The minimum atomic E-state index is -0.684. The van der Waals surface area contributed by atoms with E-state index in [4.69, 9.17) is 14.2 Å². The molecule has 176 valence electrons. The van der Waals surface area contributed by atoms with Crippen LogP contribution in [0.5, 0.6) is 5.75 Å². The van der Waals surface area contributed by atoms with Crippen LogP contribution in [0.25, 0.3) is 5.69 Å². The zero-order chi connectivity index (χ0) is 24.8. The molecule has 0 aliphatic carbocycles. The quantitative estimate of drug-likeness (QED) is 0.351. The van der Waals surface area contributed by atoms with Crippen LogP contribution in [-0.2, 0) is 14.3 Å². The molecule has 0 bridgehead atoms. The van der Waals surface area contributed by atoms with Crippen LogP contribution in [0.3, 0.4) is 0 Å². The Morgan fingerprint density at radius 3 is 2.06 bits per heavy atom. The van der Waals surface area contributed by atoms with E-state index in [9.17, 15) is 19.2 Å². The van der Waals surface area contributed by atoms with E-state index in [0.29, 0.717) is 28.1 Å². The van der Waals surface area contributed by atoms with Crippen LogP contribution in [0.4, 0.5) is 0 Å². The number of methoxy groups -OCH3 is 1. The number of carbonyl (C=O) groups is 4. The van der Waals surface area contributed by atoms with Crippen molar-refractivity contribution in [1.82, 2.24) is 4.57 Å². The largest absolute Gasteiger partial charge is 0.482 e. The van der Waals surface area contributed by atoms with E-state index in [1.165, 1.54) is 14.0 Å². The normalized spacial score (nSPS) is 10.5. The first-order chi connectivity index (χ1) is 16.2. The zero-order valence-electron chi connectivity index (χ0n) is 19.4. The standard InChI is InChI=1S/C26H25NO7/c1-16-13-23(17(2)27(16)21-9-5-20(6-10-21)26(31)32-4)24(29)14-34-25(30)15-33-22-11-7-19(8-12-22)18(3)28/h5-13H,14-15H2,1-4H3. The minimum absolute atomic E-state index is 0.0676. The van der Waals surface area contributed by atoms with Gasteiger partial charge in [-0.05, 0) is 75.4 Å². The lowest BCUT2D eigenvalue weighted by Gasteiger charge is -2.11. The van der Waals surface area contributed by atoms with Crippen molar-refractivity contribution in [2.75, 3.05) is 20.3 Å². The third-order valence-corrected chi connectivity index (χ3v) is 5.26. The predicted octanol–water partition coefficient (Wildman–Crippen LogP) is 3.89. The summed E-state index contributed by atoms with van der Waals surface area (Å²) in [6.45, 7) is 4.33. The summed E-state index contributed by atoms with van der Waals surface area (Å²) in [7, 11) is 1.32. The summed E-state index contributed by atoms with van der Waals surface area (Å²) in [5, 5.41) is 0. The second-order valence-electron chi connectivity index (χ2n) is 7.61. The summed E-state index contributed by atoms with van der Waals surface area (Å²) in [5.41, 5.74) is 3.68. The van der Waals surface area contributed by atoms with Gasteiger partial charge >= 0.3 is 11.9 Å². The molecule has 1 heterocycles. The number of ketones is 2. The SMILES string of the molecule is COC(=O)c1ccc(-n2c(C)cc(C(=O)COC(=O)COc3ccc(C(C)=O)cc3)c2C)cc1. The number of aryl methyl sites for hydroxylation is 1. The molecular formula is C26H25NO7. The van der Waals surface area contributed by atoms with Crippen LogP contribution in [-0.4, -0.2) is 48.4 Å². The molecular weight excluding hydrogens is 438 g/mol.